The van der Waals surface area contributed by atoms with Crippen molar-refractivity contribution in [1.29, 1.82) is 0 Å². The lowest BCUT2D eigenvalue weighted by atomic mass is 9.54. The van der Waals surface area contributed by atoms with Crippen molar-refractivity contribution in [3.63, 3.8) is 0 Å². The molecule has 2 rings (SSSR count). The SMILES string of the molecule is CCO[C@@H]1C[C@@](CO)(NCc2ccc(C)o2)C1(C)C. The normalized spacial score (nSPS) is 29.2. The van der Waals surface area contributed by atoms with E-state index in [9.17, 15) is 5.11 Å². The Bertz CT molecular complexity index is 427. The largest absolute Gasteiger partial charge is 0.465 e. The van der Waals surface area contributed by atoms with Gasteiger partial charge in [0.2, 0.25) is 0 Å². The van der Waals surface area contributed by atoms with Gasteiger partial charge in [-0.3, -0.25) is 0 Å². The molecule has 108 valence electrons. The fourth-order valence-corrected chi connectivity index (χ4v) is 2.94. The Labute approximate surface area is 115 Å². The zero-order valence-corrected chi connectivity index (χ0v) is 12.3. The van der Waals surface area contributed by atoms with Crippen LogP contribution in [-0.2, 0) is 11.3 Å². The number of aryl methyl sites for hydroxylation is 1. The van der Waals surface area contributed by atoms with Crippen LogP contribution in [-0.4, -0.2) is 30.0 Å². The highest BCUT2D eigenvalue weighted by molar-refractivity contribution is 5.16. The Balaban J connectivity index is 2.00. The molecule has 0 amide bonds. The lowest BCUT2D eigenvalue weighted by molar-refractivity contribution is -0.178. The summed E-state index contributed by atoms with van der Waals surface area (Å²) in [4.78, 5) is 0. The number of furan rings is 1. The van der Waals surface area contributed by atoms with E-state index < -0.39 is 0 Å². The van der Waals surface area contributed by atoms with Crippen molar-refractivity contribution < 1.29 is 14.3 Å². The van der Waals surface area contributed by atoms with E-state index in [4.69, 9.17) is 9.15 Å². The first-order valence-electron chi connectivity index (χ1n) is 6.98. The van der Waals surface area contributed by atoms with Gasteiger partial charge in [-0.1, -0.05) is 13.8 Å². The molecule has 2 N–H and O–H groups in total. The van der Waals surface area contributed by atoms with E-state index in [1.54, 1.807) is 0 Å². The molecule has 0 spiro atoms. The van der Waals surface area contributed by atoms with Gasteiger partial charge < -0.3 is 19.6 Å². The van der Waals surface area contributed by atoms with E-state index >= 15 is 0 Å². The number of aliphatic hydroxyl groups excluding tert-OH is 1. The van der Waals surface area contributed by atoms with Gasteiger partial charge in [-0.2, -0.15) is 0 Å². The highest BCUT2D eigenvalue weighted by Gasteiger charge is 2.60. The van der Waals surface area contributed by atoms with E-state index in [1.807, 2.05) is 26.0 Å². The smallest absolute Gasteiger partial charge is 0.117 e. The summed E-state index contributed by atoms with van der Waals surface area (Å²) in [5.41, 5.74) is -0.368. The number of hydrogen-bond donors (Lipinski definition) is 2. The van der Waals surface area contributed by atoms with Gasteiger partial charge in [-0.25, -0.2) is 0 Å². The van der Waals surface area contributed by atoms with Gasteiger partial charge in [0.15, 0.2) is 0 Å². The molecule has 1 aromatic rings. The van der Waals surface area contributed by atoms with E-state index in [2.05, 4.69) is 19.2 Å². The number of aliphatic hydroxyl groups is 1. The molecule has 0 aliphatic heterocycles. The molecule has 4 nitrogen and oxygen atoms in total. The summed E-state index contributed by atoms with van der Waals surface area (Å²) < 4.78 is 11.3. The van der Waals surface area contributed by atoms with Gasteiger partial charge in [0.05, 0.1) is 24.8 Å². The highest BCUT2D eigenvalue weighted by Crippen LogP contribution is 2.51. The van der Waals surface area contributed by atoms with E-state index in [-0.39, 0.29) is 23.7 Å². The molecule has 0 saturated heterocycles. The molecule has 0 bridgehead atoms. The molecule has 1 saturated carbocycles. The van der Waals surface area contributed by atoms with Crippen molar-refractivity contribution in [2.24, 2.45) is 5.41 Å². The maximum absolute atomic E-state index is 9.79. The molecule has 2 atom stereocenters. The summed E-state index contributed by atoms with van der Waals surface area (Å²) in [5.74, 6) is 1.82. The molecule has 0 radical (unpaired) electrons. The number of hydrogen-bond acceptors (Lipinski definition) is 4. The summed E-state index contributed by atoms with van der Waals surface area (Å²) >= 11 is 0. The van der Waals surface area contributed by atoms with Gasteiger partial charge in [0.1, 0.15) is 11.5 Å². The second-order valence-electron chi connectivity index (χ2n) is 5.98. The molecule has 1 aliphatic carbocycles. The average molecular weight is 267 g/mol. The summed E-state index contributed by atoms with van der Waals surface area (Å²) in [6.45, 7) is 9.70. The fraction of sp³-hybridized carbons (Fsp3) is 0.733. The first kappa shape index (κ1) is 14.6. The average Bonchev–Trinajstić information content (AvgIpc) is 2.79. The van der Waals surface area contributed by atoms with E-state index in [1.165, 1.54) is 0 Å². The molecule has 0 aromatic carbocycles. The zero-order valence-electron chi connectivity index (χ0n) is 12.3. The van der Waals surface area contributed by atoms with Crippen LogP contribution in [0, 0.1) is 12.3 Å². The van der Waals surface area contributed by atoms with Crippen LogP contribution in [0.25, 0.3) is 0 Å². The third-order valence-corrected chi connectivity index (χ3v) is 4.61. The summed E-state index contributed by atoms with van der Waals surface area (Å²) in [6, 6.07) is 3.93. The number of nitrogens with one attached hydrogen (secondary N) is 1. The van der Waals surface area contributed by atoms with Crippen molar-refractivity contribution in [3.8, 4) is 0 Å². The van der Waals surface area contributed by atoms with Crippen molar-refractivity contribution in [3.05, 3.63) is 23.7 Å². The Morgan fingerprint density at radius 1 is 1.47 bits per heavy atom. The number of rotatable bonds is 6. The third-order valence-electron chi connectivity index (χ3n) is 4.61. The minimum Gasteiger partial charge on any atom is -0.465 e. The van der Waals surface area contributed by atoms with Crippen molar-refractivity contribution >= 4 is 0 Å². The van der Waals surface area contributed by atoms with Crippen LogP contribution >= 0.6 is 0 Å². The minimum atomic E-state index is -0.284. The number of ether oxygens (including phenoxy) is 1. The maximum atomic E-state index is 9.79. The summed E-state index contributed by atoms with van der Waals surface area (Å²) in [7, 11) is 0. The van der Waals surface area contributed by atoms with Gasteiger partial charge in [-0.05, 0) is 32.4 Å². The second-order valence-corrected chi connectivity index (χ2v) is 5.98. The Kier molecular flexibility index (Phi) is 4.04. The molecule has 0 unspecified atom stereocenters. The molecule has 1 heterocycles. The van der Waals surface area contributed by atoms with Crippen LogP contribution < -0.4 is 5.32 Å². The molecule has 1 aromatic heterocycles. The van der Waals surface area contributed by atoms with E-state index in [0.29, 0.717) is 13.2 Å². The monoisotopic (exact) mass is 267 g/mol. The fourth-order valence-electron chi connectivity index (χ4n) is 2.94. The van der Waals surface area contributed by atoms with Crippen LogP contribution in [0.15, 0.2) is 16.5 Å². The van der Waals surface area contributed by atoms with Crippen LogP contribution in [0.1, 0.15) is 38.7 Å². The lowest BCUT2D eigenvalue weighted by Crippen LogP contribution is -2.73. The summed E-state index contributed by atoms with van der Waals surface area (Å²) in [5, 5.41) is 13.3. The van der Waals surface area contributed by atoms with Crippen molar-refractivity contribution in [1.82, 2.24) is 5.32 Å². The van der Waals surface area contributed by atoms with Crippen LogP contribution in [0.4, 0.5) is 0 Å². The molecule has 4 heteroatoms. The quantitative estimate of drug-likeness (QED) is 0.830. The van der Waals surface area contributed by atoms with Crippen molar-refractivity contribution in [2.75, 3.05) is 13.2 Å². The van der Waals surface area contributed by atoms with Gasteiger partial charge in [-0.15, -0.1) is 0 Å². The molecule has 1 fully saturated rings. The minimum absolute atomic E-state index is 0.0839. The van der Waals surface area contributed by atoms with Crippen LogP contribution in [0.2, 0.25) is 0 Å². The molecular formula is C15H25NO3. The van der Waals surface area contributed by atoms with Crippen molar-refractivity contribution in [2.45, 2.75) is 52.3 Å². The predicted molar refractivity (Wildman–Crippen MR) is 73.9 cm³/mol. The first-order valence-corrected chi connectivity index (χ1v) is 6.98. The molecular weight excluding hydrogens is 242 g/mol. The summed E-state index contributed by atoms with van der Waals surface area (Å²) in [6.07, 6.45) is 1.04. The Hall–Kier alpha value is -0.840. The zero-order chi connectivity index (χ0) is 14.1. The Morgan fingerprint density at radius 3 is 2.68 bits per heavy atom. The van der Waals surface area contributed by atoms with Crippen LogP contribution in [0.5, 0.6) is 0 Å². The van der Waals surface area contributed by atoms with Gasteiger partial charge >= 0.3 is 0 Å². The third kappa shape index (κ3) is 2.45. The lowest BCUT2D eigenvalue weighted by Gasteiger charge is -2.60. The van der Waals surface area contributed by atoms with Gasteiger partial charge in [0, 0.05) is 12.0 Å². The Morgan fingerprint density at radius 2 is 2.21 bits per heavy atom. The first-order chi connectivity index (χ1) is 8.95. The second kappa shape index (κ2) is 5.27. The van der Waals surface area contributed by atoms with Crippen LogP contribution in [0.3, 0.4) is 0 Å². The highest BCUT2D eigenvalue weighted by atomic mass is 16.5. The standard InChI is InChI=1S/C15H25NO3/c1-5-18-13-8-15(10-17,14(13,3)4)16-9-12-7-6-11(2)19-12/h6-7,13,16-17H,5,8-10H2,1-4H3/t13-,15+/m1/s1. The van der Waals surface area contributed by atoms with E-state index in [0.717, 1.165) is 17.9 Å². The maximum Gasteiger partial charge on any atom is 0.117 e. The predicted octanol–water partition coefficient (Wildman–Crippen LogP) is 2.24. The molecule has 19 heavy (non-hydrogen) atoms. The van der Waals surface area contributed by atoms with Gasteiger partial charge in [0.25, 0.3) is 0 Å². The molecule has 1 aliphatic rings. The topological polar surface area (TPSA) is 54.6 Å².